The van der Waals surface area contributed by atoms with Crippen LogP contribution in [0.3, 0.4) is 0 Å². The van der Waals surface area contributed by atoms with E-state index in [9.17, 15) is 4.79 Å². The summed E-state index contributed by atoms with van der Waals surface area (Å²) >= 11 is 17.2. The molecule has 2 rings (SSSR count). The minimum absolute atomic E-state index is 0.354. The molecule has 0 unspecified atom stereocenters. The number of hydrogen-bond acceptors (Lipinski definition) is 3. The number of methoxy groups -OCH3 is 1. The number of hydrogen-bond donors (Lipinski definition) is 0. The third-order valence-corrected chi connectivity index (χ3v) is 5.27. The van der Waals surface area contributed by atoms with Crippen LogP contribution in [-0.4, -0.2) is 13.1 Å². The summed E-state index contributed by atoms with van der Waals surface area (Å²) in [6, 6.07) is 10.8. The number of esters is 1. The van der Waals surface area contributed by atoms with E-state index in [1.807, 2.05) is 12.1 Å². The molecule has 0 radical (unpaired) electrons. The summed E-state index contributed by atoms with van der Waals surface area (Å²) in [6.07, 6.45) is 0. The van der Waals surface area contributed by atoms with E-state index in [0.717, 1.165) is 14.9 Å². The van der Waals surface area contributed by atoms with Gasteiger partial charge in [-0.05, 0) is 35.9 Å². The number of thioether (sulfide) groups is 1. The highest BCUT2D eigenvalue weighted by Gasteiger charge is 2.09. The smallest absolute Gasteiger partial charge is 0.337 e. The van der Waals surface area contributed by atoms with Crippen LogP contribution < -0.4 is 0 Å². The molecule has 0 amide bonds. The summed E-state index contributed by atoms with van der Waals surface area (Å²) in [5.41, 5.74) is 1.57. The van der Waals surface area contributed by atoms with E-state index in [2.05, 4.69) is 15.9 Å². The van der Waals surface area contributed by atoms with Crippen LogP contribution in [0.5, 0.6) is 0 Å². The van der Waals surface area contributed by atoms with Crippen LogP contribution in [0.2, 0.25) is 10.0 Å². The fourth-order valence-corrected chi connectivity index (χ4v) is 3.85. The summed E-state index contributed by atoms with van der Waals surface area (Å²) in [5, 5.41) is 1.33. The fraction of sp³-hybridized carbons (Fsp3) is 0.133. The van der Waals surface area contributed by atoms with E-state index in [-0.39, 0.29) is 5.97 Å². The van der Waals surface area contributed by atoms with E-state index in [1.54, 1.807) is 36.0 Å². The van der Waals surface area contributed by atoms with Crippen LogP contribution in [-0.2, 0) is 10.5 Å². The predicted octanol–water partition coefficient (Wildman–Crippen LogP) is 5.83. The van der Waals surface area contributed by atoms with Crippen molar-refractivity contribution >= 4 is 56.9 Å². The van der Waals surface area contributed by atoms with Crippen LogP contribution in [0.25, 0.3) is 0 Å². The molecule has 0 aromatic heterocycles. The Balaban J connectivity index is 2.13. The lowest BCUT2D eigenvalue weighted by Gasteiger charge is -2.08. The van der Waals surface area contributed by atoms with Crippen LogP contribution >= 0.6 is 50.9 Å². The van der Waals surface area contributed by atoms with E-state index in [4.69, 9.17) is 27.9 Å². The molecule has 0 saturated carbocycles. The molecule has 0 aliphatic carbocycles. The normalized spacial score (nSPS) is 10.5. The Morgan fingerprint density at radius 2 is 2.00 bits per heavy atom. The molecular formula is C15H11BrCl2O2S. The van der Waals surface area contributed by atoms with Crippen molar-refractivity contribution in [1.29, 1.82) is 0 Å². The van der Waals surface area contributed by atoms with Crippen molar-refractivity contribution in [3.05, 3.63) is 62.0 Å². The molecule has 0 N–H and O–H groups in total. The zero-order valence-corrected chi connectivity index (χ0v) is 14.9. The van der Waals surface area contributed by atoms with Gasteiger partial charge in [0.05, 0.1) is 17.7 Å². The van der Waals surface area contributed by atoms with Crippen LogP contribution in [0.15, 0.2) is 45.8 Å². The maximum Gasteiger partial charge on any atom is 0.337 e. The highest BCUT2D eigenvalue weighted by Crippen LogP contribution is 2.33. The van der Waals surface area contributed by atoms with E-state index in [1.165, 1.54) is 7.11 Å². The van der Waals surface area contributed by atoms with Crippen molar-refractivity contribution in [2.75, 3.05) is 7.11 Å². The molecule has 0 bridgehead atoms. The molecule has 0 fully saturated rings. The number of carbonyl (C=O) groups excluding carboxylic acids is 1. The van der Waals surface area contributed by atoms with Crippen molar-refractivity contribution < 1.29 is 9.53 Å². The molecule has 6 heteroatoms. The zero-order chi connectivity index (χ0) is 15.4. The van der Waals surface area contributed by atoms with E-state index >= 15 is 0 Å². The monoisotopic (exact) mass is 404 g/mol. The lowest BCUT2D eigenvalue weighted by atomic mass is 10.1. The zero-order valence-electron chi connectivity index (χ0n) is 11.0. The molecule has 110 valence electrons. The molecular weight excluding hydrogens is 395 g/mol. The number of halogens is 3. The summed E-state index contributed by atoms with van der Waals surface area (Å²) in [7, 11) is 1.36. The van der Waals surface area contributed by atoms with Crippen molar-refractivity contribution in [3.63, 3.8) is 0 Å². The summed E-state index contributed by atoms with van der Waals surface area (Å²) < 4.78 is 5.55. The Hall–Kier alpha value is -0.680. The van der Waals surface area contributed by atoms with Gasteiger partial charge in [-0.15, -0.1) is 11.8 Å². The number of rotatable bonds is 4. The second-order valence-electron chi connectivity index (χ2n) is 4.16. The molecule has 21 heavy (non-hydrogen) atoms. The van der Waals surface area contributed by atoms with Gasteiger partial charge in [0.15, 0.2) is 0 Å². The maximum absolute atomic E-state index is 11.5. The topological polar surface area (TPSA) is 26.3 Å². The molecule has 0 saturated heterocycles. The van der Waals surface area contributed by atoms with Gasteiger partial charge in [0, 0.05) is 20.1 Å². The summed E-state index contributed by atoms with van der Waals surface area (Å²) in [5.74, 6) is 0.357. The Bertz CT molecular complexity index is 677. The van der Waals surface area contributed by atoms with Gasteiger partial charge in [0.2, 0.25) is 0 Å². The van der Waals surface area contributed by atoms with Gasteiger partial charge in [-0.3, -0.25) is 0 Å². The van der Waals surface area contributed by atoms with E-state index in [0.29, 0.717) is 21.4 Å². The predicted molar refractivity (Wildman–Crippen MR) is 91.5 cm³/mol. The number of benzene rings is 2. The minimum atomic E-state index is -0.354. The maximum atomic E-state index is 11.5. The molecule has 0 aliphatic heterocycles. The molecule has 0 atom stereocenters. The van der Waals surface area contributed by atoms with Crippen LogP contribution in [0.4, 0.5) is 0 Å². The minimum Gasteiger partial charge on any atom is -0.465 e. The molecule has 2 nitrogen and oxygen atoms in total. The van der Waals surface area contributed by atoms with Gasteiger partial charge in [-0.2, -0.15) is 0 Å². The first kappa shape index (κ1) is 16.7. The van der Waals surface area contributed by atoms with Gasteiger partial charge < -0.3 is 4.74 Å². The second-order valence-corrected chi connectivity index (χ2v) is 6.88. The third-order valence-electron chi connectivity index (χ3n) is 2.75. The third kappa shape index (κ3) is 4.39. The van der Waals surface area contributed by atoms with Gasteiger partial charge in [0.25, 0.3) is 0 Å². The van der Waals surface area contributed by atoms with Crippen molar-refractivity contribution in [3.8, 4) is 0 Å². The Morgan fingerprint density at radius 1 is 1.24 bits per heavy atom. The fourth-order valence-electron chi connectivity index (χ4n) is 1.65. The van der Waals surface area contributed by atoms with Crippen molar-refractivity contribution in [1.82, 2.24) is 0 Å². The molecule has 0 spiro atoms. The molecule has 0 aliphatic rings. The lowest BCUT2D eigenvalue weighted by molar-refractivity contribution is 0.0600. The van der Waals surface area contributed by atoms with Gasteiger partial charge in [0.1, 0.15) is 0 Å². The summed E-state index contributed by atoms with van der Waals surface area (Å²) in [4.78, 5) is 12.4. The number of carbonyl (C=O) groups is 1. The highest BCUT2D eigenvalue weighted by atomic mass is 79.9. The molecule has 0 heterocycles. The SMILES string of the molecule is COC(=O)c1ccc(CSc2cc(Cl)ccc2Cl)c(Br)c1. The Morgan fingerprint density at radius 3 is 2.67 bits per heavy atom. The Labute approximate surface area is 145 Å². The van der Waals surface area contributed by atoms with E-state index < -0.39 is 0 Å². The average Bonchev–Trinajstić information content (AvgIpc) is 2.48. The van der Waals surface area contributed by atoms with Gasteiger partial charge in [-0.25, -0.2) is 4.79 Å². The first-order chi connectivity index (χ1) is 10.0. The highest BCUT2D eigenvalue weighted by molar-refractivity contribution is 9.10. The number of ether oxygens (including phenoxy) is 1. The molecule has 2 aromatic carbocycles. The van der Waals surface area contributed by atoms with Crippen molar-refractivity contribution in [2.45, 2.75) is 10.6 Å². The van der Waals surface area contributed by atoms with Gasteiger partial charge in [-0.1, -0.05) is 45.2 Å². The lowest BCUT2D eigenvalue weighted by Crippen LogP contribution is -2.01. The Kier molecular flexibility index (Phi) is 5.99. The van der Waals surface area contributed by atoms with Crippen molar-refractivity contribution in [2.24, 2.45) is 0 Å². The largest absolute Gasteiger partial charge is 0.465 e. The summed E-state index contributed by atoms with van der Waals surface area (Å²) in [6.45, 7) is 0. The second kappa shape index (κ2) is 7.54. The van der Waals surface area contributed by atoms with Crippen LogP contribution in [0.1, 0.15) is 15.9 Å². The first-order valence-electron chi connectivity index (χ1n) is 5.96. The molecule has 2 aromatic rings. The first-order valence-corrected chi connectivity index (χ1v) is 8.49. The average molecular weight is 406 g/mol. The van der Waals surface area contributed by atoms with Gasteiger partial charge >= 0.3 is 5.97 Å². The standard InChI is InChI=1S/C15H11BrCl2O2S/c1-20-15(19)9-2-3-10(12(16)6-9)8-21-14-7-11(17)4-5-13(14)18/h2-7H,8H2,1H3. The van der Waals surface area contributed by atoms with Crippen LogP contribution in [0, 0.1) is 0 Å². The quantitative estimate of drug-likeness (QED) is 0.472.